The SMILES string of the molecule is CC1(Cn2nc(C3(F)CC3)c(C(F)(F)F)c2C(=O)Nc2cccc([S@@](C)(=O)=NC(=O)C3COC3)c2)CC(F)(F)C1. The molecule has 5 rings (SSSR count). The van der Waals surface area contributed by atoms with Gasteiger partial charge in [0.25, 0.3) is 11.8 Å². The number of anilines is 1. The normalized spacial score (nSPS) is 22.4. The van der Waals surface area contributed by atoms with E-state index in [1.165, 1.54) is 37.4 Å². The van der Waals surface area contributed by atoms with Crippen LogP contribution in [0.25, 0.3) is 0 Å². The third-order valence-corrected chi connectivity index (χ3v) is 8.90. The topological polar surface area (TPSA) is 103 Å². The average Bonchev–Trinajstić information content (AvgIpc) is 3.37. The highest BCUT2D eigenvalue weighted by Gasteiger charge is 2.57. The molecule has 1 aromatic carbocycles. The van der Waals surface area contributed by atoms with Gasteiger partial charge in [-0.3, -0.25) is 14.3 Å². The first-order valence-electron chi connectivity index (χ1n) is 12.4. The Balaban J connectivity index is 1.50. The number of nitrogens with zero attached hydrogens (tertiary/aromatic N) is 3. The summed E-state index contributed by atoms with van der Waals surface area (Å²) in [4.78, 5) is 25.6. The van der Waals surface area contributed by atoms with E-state index in [4.69, 9.17) is 4.74 Å². The molecule has 0 spiro atoms. The van der Waals surface area contributed by atoms with Gasteiger partial charge in [0.1, 0.15) is 17.0 Å². The van der Waals surface area contributed by atoms with Gasteiger partial charge in [0.15, 0.2) is 5.67 Å². The van der Waals surface area contributed by atoms with Crippen molar-refractivity contribution < 1.29 is 44.9 Å². The summed E-state index contributed by atoms with van der Waals surface area (Å²) in [6.07, 6.45) is -5.64. The fourth-order valence-corrected chi connectivity index (χ4v) is 6.36. The van der Waals surface area contributed by atoms with Crippen LogP contribution < -0.4 is 5.32 Å². The molecule has 40 heavy (non-hydrogen) atoms. The Morgan fingerprint density at radius 2 is 1.85 bits per heavy atom. The van der Waals surface area contributed by atoms with E-state index in [1.54, 1.807) is 0 Å². The number of ether oxygens (including phenoxy) is 1. The predicted octanol–water partition coefficient (Wildman–Crippen LogP) is 5.18. The quantitative estimate of drug-likeness (QED) is 0.447. The van der Waals surface area contributed by atoms with Crippen LogP contribution >= 0.6 is 0 Å². The van der Waals surface area contributed by atoms with Crippen LogP contribution in [-0.4, -0.2) is 51.2 Å². The number of hydrogen-bond acceptors (Lipinski definition) is 5. The number of aromatic nitrogens is 2. The number of halogens is 6. The molecule has 1 aromatic heterocycles. The second-order valence-electron chi connectivity index (χ2n) is 11.2. The first-order valence-corrected chi connectivity index (χ1v) is 14.3. The van der Waals surface area contributed by atoms with Crippen LogP contribution in [0, 0.1) is 11.3 Å². The van der Waals surface area contributed by atoms with Gasteiger partial charge in [0.05, 0.1) is 28.9 Å². The minimum absolute atomic E-state index is 0.0361. The van der Waals surface area contributed by atoms with Crippen molar-refractivity contribution in [3.05, 3.63) is 41.2 Å². The number of alkyl halides is 6. The van der Waals surface area contributed by atoms with E-state index in [1.807, 2.05) is 0 Å². The average molecular weight is 593 g/mol. The highest BCUT2D eigenvalue weighted by Crippen LogP contribution is 2.55. The highest BCUT2D eigenvalue weighted by molar-refractivity contribution is 7.93. The summed E-state index contributed by atoms with van der Waals surface area (Å²) in [6.45, 7) is 1.29. The zero-order valence-electron chi connectivity index (χ0n) is 21.5. The number of hydrogen-bond donors (Lipinski definition) is 1. The van der Waals surface area contributed by atoms with Gasteiger partial charge in [-0.25, -0.2) is 17.4 Å². The van der Waals surface area contributed by atoms with Crippen LogP contribution in [0.5, 0.6) is 0 Å². The van der Waals surface area contributed by atoms with Gasteiger partial charge in [0, 0.05) is 36.2 Å². The first kappa shape index (κ1) is 28.6. The first-order chi connectivity index (χ1) is 18.4. The zero-order chi connectivity index (χ0) is 29.3. The Hall–Kier alpha value is -2.94. The molecule has 1 N–H and O–H groups in total. The lowest BCUT2D eigenvalue weighted by atomic mass is 9.67. The third-order valence-electron chi connectivity index (χ3n) is 7.25. The molecule has 3 fully saturated rings. The molecule has 0 unspecified atom stereocenters. The van der Waals surface area contributed by atoms with Crippen LogP contribution in [0.1, 0.15) is 54.4 Å². The molecule has 0 radical (unpaired) electrons. The van der Waals surface area contributed by atoms with Crippen molar-refractivity contribution in [2.24, 2.45) is 15.7 Å². The number of nitrogens with one attached hydrogen (secondary N) is 1. The number of benzene rings is 1. The van der Waals surface area contributed by atoms with Crippen molar-refractivity contribution in [1.82, 2.24) is 9.78 Å². The Morgan fingerprint density at radius 3 is 2.38 bits per heavy atom. The summed E-state index contributed by atoms with van der Waals surface area (Å²) in [5.74, 6) is -5.43. The maximum atomic E-state index is 15.0. The molecule has 0 bridgehead atoms. The summed E-state index contributed by atoms with van der Waals surface area (Å²) < 4.78 is 108. The maximum absolute atomic E-state index is 15.0. The molecule has 8 nitrogen and oxygen atoms in total. The lowest BCUT2D eigenvalue weighted by Gasteiger charge is -2.44. The Kier molecular flexibility index (Phi) is 6.64. The number of rotatable bonds is 7. The van der Waals surface area contributed by atoms with Gasteiger partial charge in [-0.05, 0) is 36.5 Å². The molecule has 3 aliphatic rings. The summed E-state index contributed by atoms with van der Waals surface area (Å²) in [5.41, 5.74) is -7.11. The highest BCUT2D eigenvalue weighted by atomic mass is 32.2. The molecule has 15 heteroatoms. The van der Waals surface area contributed by atoms with E-state index in [0.717, 1.165) is 0 Å². The molecule has 218 valence electrons. The van der Waals surface area contributed by atoms with Gasteiger partial charge >= 0.3 is 6.18 Å². The van der Waals surface area contributed by atoms with Gasteiger partial charge in [-0.2, -0.15) is 22.6 Å². The van der Waals surface area contributed by atoms with Crippen LogP contribution in [0.15, 0.2) is 33.5 Å². The fourth-order valence-electron chi connectivity index (χ4n) is 5.08. The minimum atomic E-state index is -5.17. The summed E-state index contributed by atoms with van der Waals surface area (Å²) in [6, 6.07) is 5.27. The van der Waals surface area contributed by atoms with Crippen molar-refractivity contribution in [2.75, 3.05) is 24.8 Å². The van der Waals surface area contributed by atoms with Crippen molar-refractivity contribution in [1.29, 1.82) is 0 Å². The van der Waals surface area contributed by atoms with Crippen LogP contribution in [0.4, 0.5) is 32.0 Å². The van der Waals surface area contributed by atoms with Gasteiger partial charge in [-0.1, -0.05) is 13.0 Å². The van der Waals surface area contributed by atoms with E-state index in [-0.39, 0.29) is 36.6 Å². The van der Waals surface area contributed by atoms with Gasteiger partial charge in [-0.15, -0.1) is 0 Å². The molecular weight excluding hydrogens is 566 g/mol. The van der Waals surface area contributed by atoms with Crippen LogP contribution in [0.2, 0.25) is 0 Å². The monoisotopic (exact) mass is 592 g/mol. The van der Waals surface area contributed by atoms with Crippen molar-refractivity contribution >= 4 is 27.2 Å². The van der Waals surface area contributed by atoms with E-state index < -0.39 is 87.0 Å². The zero-order valence-corrected chi connectivity index (χ0v) is 22.3. The predicted molar refractivity (Wildman–Crippen MR) is 130 cm³/mol. The molecule has 2 aromatic rings. The maximum Gasteiger partial charge on any atom is 0.420 e. The number of carbonyl (C=O) groups is 2. The number of amides is 2. The van der Waals surface area contributed by atoms with E-state index >= 15 is 4.39 Å². The molecule has 1 atom stereocenters. The van der Waals surface area contributed by atoms with Crippen molar-refractivity contribution in [3.8, 4) is 0 Å². The Morgan fingerprint density at radius 1 is 1.20 bits per heavy atom. The van der Waals surface area contributed by atoms with E-state index in [9.17, 15) is 35.8 Å². The molecule has 2 aliphatic carbocycles. The summed E-state index contributed by atoms with van der Waals surface area (Å²) in [5, 5.41) is 6.12. The van der Waals surface area contributed by atoms with Gasteiger partial charge in [0.2, 0.25) is 5.92 Å². The van der Waals surface area contributed by atoms with Crippen LogP contribution in [0.3, 0.4) is 0 Å². The van der Waals surface area contributed by atoms with Crippen LogP contribution in [-0.2, 0) is 37.7 Å². The molecule has 1 aliphatic heterocycles. The van der Waals surface area contributed by atoms with Crippen molar-refractivity contribution in [2.45, 2.75) is 61.8 Å². The molecule has 2 amide bonds. The largest absolute Gasteiger partial charge is 0.420 e. The lowest BCUT2D eigenvalue weighted by molar-refractivity contribution is -0.160. The molecule has 2 saturated carbocycles. The molecular formula is C25H26F6N4O4S. The summed E-state index contributed by atoms with van der Waals surface area (Å²) >= 11 is 0. The lowest BCUT2D eigenvalue weighted by Crippen LogP contribution is -2.47. The van der Waals surface area contributed by atoms with E-state index in [2.05, 4.69) is 14.8 Å². The summed E-state index contributed by atoms with van der Waals surface area (Å²) in [7, 11) is -3.28. The smallest absolute Gasteiger partial charge is 0.380 e. The standard InChI is InChI=1S/C25H26F6N4O4S/c1-22(11-24(27,28)12-22)13-35-18(17(25(29,30)31)19(33-35)23(26)6-7-23)21(37)32-15-4-3-5-16(8-15)40(2,38)34-20(36)14-9-39-10-14/h3-5,8,14H,6-7,9-13H2,1-2H3,(H,32,37)/t40-/m1/s1. The number of carbonyl (C=O) groups excluding carboxylic acids is 2. The Labute approximate surface area is 225 Å². The Bertz CT molecular complexity index is 1490. The second kappa shape index (κ2) is 9.29. The molecule has 1 saturated heterocycles. The second-order valence-corrected chi connectivity index (χ2v) is 13.4. The van der Waals surface area contributed by atoms with Gasteiger partial charge < -0.3 is 10.1 Å². The molecule has 2 heterocycles. The fraction of sp³-hybridized carbons (Fsp3) is 0.560. The third kappa shape index (κ3) is 5.49. The minimum Gasteiger partial charge on any atom is -0.380 e. The van der Waals surface area contributed by atoms with Crippen molar-refractivity contribution in [3.63, 3.8) is 0 Å². The van der Waals surface area contributed by atoms with E-state index in [0.29, 0.717) is 4.68 Å².